The largest absolute Gasteiger partial charge is 0.465 e. The molecule has 1 amide bonds. The molecule has 4 nitrogen and oxygen atoms in total. The molecule has 0 spiro atoms. The van der Waals surface area contributed by atoms with Gasteiger partial charge in [0.05, 0.1) is 0 Å². The average molecular weight is 218 g/mol. The first kappa shape index (κ1) is 9.51. The molecule has 1 aromatic carbocycles. The van der Waals surface area contributed by atoms with Crippen LogP contribution in [0.2, 0.25) is 0 Å². The molecule has 2 atom stereocenters. The Morgan fingerprint density at radius 2 is 2.12 bits per heavy atom. The van der Waals surface area contributed by atoms with Gasteiger partial charge in [-0.3, -0.25) is 0 Å². The summed E-state index contributed by atoms with van der Waals surface area (Å²) in [5, 5.41) is 8.96. The van der Waals surface area contributed by atoms with Crippen LogP contribution in [0.15, 0.2) is 24.3 Å². The van der Waals surface area contributed by atoms with Crippen molar-refractivity contribution in [2.24, 2.45) is 5.92 Å². The Morgan fingerprint density at radius 3 is 2.69 bits per heavy atom. The standard InChI is InChI=1S/C12H14N2O2/c13-10-3-1-8(2-4-10)12-5-9(12)6-14(7-12)11(15)16/h1-4,9H,5-7,13H2,(H,15,16). The number of anilines is 1. The Hall–Kier alpha value is -1.71. The highest BCUT2D eigenvalue weighted by atomic mass is 16.4. The number of amides is 1. The van der Waals surface area contributed by atoms with Crippen molar-refractivity contribution in [1.29, 1.82) is 0 Å². The van der Waals surface area contributed by atoms with Gasteiger partial charge in [-0.25, -0.2) is 4.79 Å². The maximum absolute atomic E-state index is 10.9. The molecule has 84 valence electrons. The highest BCUT2D eigenvalue weighted by Crippen LogP contribution is 2.58. The zero-order valence-corrected chi connectivity index (χ0v) is 8.89. The lowest BCUT2D eigenvalue weighted by atomic mass is 9.95. The van der Waals surface area contributed by atoms with E-state index in [0.717, 1.165) is 12.1 Å². The van der Waals surface area contributed by atoms with Crippen molar-refractivity contribution in [3.8, 4) is 0 Å². The van der Waals surface area contributed by atoms with Crippen LogP contribution >= 0.6 is 0 Å². The molecular formula is C12H14N2O2. The summed E-state index contributed by atoms with van der Waals surface area (Å²) in [6, 6.07) is 7.84. The highest BCUT2D eigenvalue weighted by molar-refractivity contribution is 5.67. The van der Waals surface area contributed by atoms with E-state index in [0.29, 0.717) is 19.0 Å². The van der Waals surface area contributed by atoms with Crippen LogP contribution in [0.3, 0.4) is 0 Å². The highest BCUT2D eigenvalue weighted by Gasteiger charge is 2.61. The van der Waals surface area contributed by atoms with Gasteiger partial charge in [-0.1, -0.05) is 12.1 Å². The molecule has 1 aromatic rings. The van der Waals surface area contributed by atoms with Crippen LogP contribution < -0.4 is 5.73 Å². The quantitative estimate of drug-likeness (QED) is 0.702. The predicted molar refractivity (Wildman–Crippen MR) is 60.2 cm³/mol. The van der Waals surface area contributed by atoms with Gasteiger partial charge >= 0.3 is 6.09 Å². The van der Waals surface area contributed by atoms with Crippen molar-refractivity contribution >= 4 is 11.8 Å². The number of nitrogens with zero attached hydrogens (tertiary/aromatic N) is 1. The summed E-state index contributed by atoms with van der Waals surface area (Å²) < 4.78 is 0. The zero-order valence-electron chi connectivity index (χ0n) is 8.89. The molecule has 2 fully saturated rings. The fourth-order valence-corrected chi connectivity index (χ4v) is 2.89. The number of piperidine rings is 1. The molecule has 2 unspecified atom stereocenters. The van der Waals surface area contributed by atoms with Crippen molar-refractivity contribution < 1.29 is 9.90 Å². The number of benzene rings is 1. The van der Waals surface area contributed by atoms with Gasteiger partial charge in [-0.05, 0) is 30.0 Å². The fourth-order valence-electron chi connectivity index (χ4n) is 2.89. The smallest absolute Gasteiger partial charge is 0.407 e. The summed E-state index contributed by atoms with van der Waals surface area (Å²) in [4.78, 5) is 12.4. The summed E-state index contributed by atoms with van der Waals surface area (Å²) in [7, 11) is 0. The van der Waals surface area contributed by atoms with E-state index >= 15 is 0 Å². The summed E-state index contributed by atoms with van der Waals surface area (Å²) >= 11 is 0. The number of rotatable bonds is 1. The van der Waals surface area contributed by atoms with Gasteiger partial charge in [0.2, 0.25) is 0 Å². The molecule has 4 heteroatoms. The molecule has 3 N–H and O–H groups in total. The molecule has 1 heterocycles. The number of carboxylic acid groups (broad SMARTS) is 1. The summed E-state index contributed by atoms with van der Waals surface area (Å²) in [6.07, 6.45) is 0.308. The lowest BCUT2D eigenvalue weighted by Crippen LogP contribution is -2.31. The molecule has 1 aliphatic heterocycles. The number of nitrogen functional groups attached to an aromatic ring is 1. The van der Waals surface area contributed by atoms with Crippen molar-refractivity contribution in [2.45, 2.75) is 11.8 Å². The van der Waals surface area contributed by atoms with Crippen LogP contribution in [0.5, 0.6) is 0 Å². The third-order valence-electron chi connectivity index (χ3n) is 3.90. The Bertz CT molecular complexity index is 443. The van der Waals surface area contributed by atoms with E-state index in [9.17, 15) is 4.79 Å². The third kappa shape index (κ3) is 1.19. The summed E-state index contributed by atoms with van der Waals surface area (Å²) in [5.74, 6) is 0.507. The third-order valence-corrected chi connectivity index (χ3v) is 3.90. The van der Waals surface area contributed by atoms with Crippen molar-refractivity contribution in [2.75, 3.05) is 18.8 Å². The van der Waals surface area contributed by atoms with Crippen molar-refractivity contribution in [1.82, 2.24) is 4.90 Å². The molecular weight excluding hydrogens is 204 g/mol. The summed E-state index contributed by atoms with van der Waals surface area (Å²) in [6.45, 7) is 1.32. The number of hydrogen-bond acceptors (Lipinski definition) is 2. The second-order valence-corrected chi connectivity index (χ2v) is 4.84. The van der Waals surface area contributed by atoms with Gasteiger partial charge in [0.1, 0.15) is 0 Å². The van der Waals surface area contributed by atoms with E-state index in [1.807, 2.05) is 24.3 Å². The number of hydrogen-bond donors (Lipinski definition) is 2. The van der Waals surface area contributed by atoms with Gasteiger partial charge in [0.25, 0.3) is 0 Å². The maximum atomic E-state index is 10.9. The van der Waals surface area contributed by atoms with Gasteiger partial charge in [-0.2, -0.15) is 0 Å². The lowest BCUT2D eigenvalue weighted by Gasteiger charge is -2.18. The first-order valence-electron chi connectivity index (χ1n) is 5.46. The normalized spacial score (nSPS) is 31.2. The first-order chi connectivity index (χ1) is 7.62. The Balaban J connectivity index is 1.87. The number of likely N-dealkylation sites (tertiary alicyclic amines) is 1. The monoisotopic (exact) mass is 218 g/mol. The van der Waals surface area contributed by atoms with Crippen LogP contribution in [0.25, 0.3) is 0 Å². The molecule has 3 rings (SSSR count). The van der Waals surface area contributed by atoms with Gasteiger partial charge < -0.3 is 15.7 Å². The number of carbonyl (C=O) groups is 1. The zero-order chi connectivity index (χ0) is 11.3. The molecule has 1 saturated heterocycles. The second-order valence-electron chi connectivity index (χ2n) is 4.84. The molecule has 16 heavy (non-hydrogen) atoms. The minimum absolute atomic E-state index is 0.0894. The van der Waals surface area contributed by atoms with Crippen LogP contribution in [-0.2, 0) is 5.41 Å². The van der Waals surface area contributed by atoms with Gasteiger partial charge in [0.15, 0.2) is 0 Å². The Labute approximate surface area is 93.7 Å². The molecule has 0 radical (unpaired) electrons. The fraction of sp³-hybridized carbons (Fsp3) is 0.417. The van der Waals surface area contributed by atoms with Crippen molar-refractivity contribution in [3.63, 3.8) is 0 Å². The topological polar surface area (TPSA) is 66.6 Å². The molecule has 1 saturated carbocycles. The molecule has 1 aliphatic carbocycles. The van der Waals surface area contributed by atoms with E-state index in [-0.39, 0.29) is 5.41 Å². The van der Waals surface area contributed by atoms with E-state index in [1.54, 1.807) is 0 Å². The second kappa shape index (κ2) is 2.90. The van der Waals surface area contributed by atoms with Crippen LogP contribution in [0, 0.1) is 5.92 Å². The number of nitrogens with two attached hydrogens (primary N) is 1. The van der Waals surface area contributed by atoms with E-state index in [2.05, 4.69) is 0 Å². The SMILES string of the molecule is Nc1ccc(C23CC2CN(C(=O)O)C3)cc1. The summed E-state index contributed by atoms with van der Waals surface area (Å²) in [5.41, 5.74) is 7.73. The minimum atomic E-state index is -0.804. The lowest BCUT2D eigenvalue weighted by molar-refractivity contribution is 0.150. The first-order valence-corrected chi connectivity index (χ1v) is 5.46. The average Bonchev–Trinajstić information content (AvgIpc) is 2.82. The van der Waals surface area contributed by atoms with E-state index in [4.69, 9.17) is 10.8 Å². The maximum Gasteiger partial charge on any atom is 0.407 e. The van der Waals surface area contributed by atoms with Crippen LogP contribution in [0.1, 0.15) is 12.0 Å². The Morgan fingerprint density at radius 1 is 1.44 bits per heavy atom. The van der Waals surface area contributed by atoms with E-state index in [1.165, 1.54) is 10.5 Å². The van der Waals surface area contributed by atoms with Gasteiger partial charge in [-0.15, -0.1) is 0 Å². The van der Waals surface area contributed by atoms with Crippen molar-refractivity contribution in [3.05, 3.63) is 29.8 Å². The minimum Gasteiger partial charge on any atom is -0.465 e. The number of fused-ring (bicyclic) bond motifs is 1. The van der Waals surface area contributed by atoms with E-state index < -0.39 is 6.09 Å². The molecule has 0 bridgehead atoms. The predicted octanol–water partition coefficient (Wildman–Crippen LogP) is 1.52. The van der Waals surface area contributed by atoms with Crippen LogP contribution in [-0.4, -0.2) is 29.2 Å². The molecule has 2 aliphatic rings. The van der Waals surface area contributed by atoms with Crippen LogP contribution in [0.4, 0.5) is 10.5 Å². The van der Waals surface area contributed by atoms with Gasteiger partial charge in [0, 0.05) is 24.2 Å². The Kier molecular flexibility index (Phi) is 1.73. The molecule has 0 aromatic heterocycles.